The first kappa shape index (κ1) is 30.9. The van der Waals surface area contributed by atoms with E-state index in [0.29, 0.717) is 25.7 Å². The van der Waals surface area contributed by atoms with E-state index in [1.165, 1.54) is 6.92 Å². The number of nitrogens with two attached hydrogens (primary N) is 1. The van der Waals surface area contributed by atoms with E-state index in [4.69, 9.17) is 5.73 Å². The van der Waals surface area contributed by atoms with Crippen LogP contribution in [0.25, 0.3) is 0 Å². The van der Waals surface area contributed by atoms with Crippen LogP contribution in [0.2, 0.25) is 0 Å². The van der Waals surface area contributed by atoms with Gasteiger partial charge in [0, 0.05) is 18.3 Å². The van der Waals surface area contributed by atoms with Crippen molar-refractivity contribution >= 4 is 19.8 Å². The number of hydrogen-bond acceptors (Lipinski definition) is 9. The molecule has 0 aromatic carbocycles. The lowest BCUT2D eigenvalue weighted by Gasteiger charge is -2.63. The van der Waals surface area contributed by atoms with Gasteiger partial charge in [0.1, 0.15) is 0 Å². The van der Waals surface area contributed by atoms with Gasteiger partial charge < -0.3 is 36.2 Å². The maximum absolute atomic E-state index is 12.8. The minimum absolute atomic E-state index is 0.00708. The maximum atomic E-state index is 12.8. The number of rotatable bonds is 8. The first-order valence-corrected chi connectivity index (χ1v) is 15.7. The summed E-state index contributed by atoms with van der Waals surface area (Å²) in [5.41, 5.74) is 1.51. The van der Waals surface area contributed by atoms with Crippen molar-refractivity contribution in [3.05, 3.63) is 0 Å². The number of fused-ring (bicyclic) bond motifs is 5. The highest BCUT2D eigenvalue weighted by Crippen LogP contribution is 2.69. The Kier molecular flexibility index (Phi) is 8.48. The summed E-state index contributed by atoms with van der Waals surface area (Å²) in [5, 5.41) is 53.0. The Morgan fingerprint density at radius 1 is 1.05 bits per heavy atom. The number of carboxylic acids is 1. The van der Waals surface area contributed by atoms with Crippen molar-refractivity contribution in [2.75, 3.05) is 0 Å². The molecule has 15 atom stereocenters. The number of aliphatic hydroxyl groups is 4. The van der Waals surface area contributed by atoms with Gasteiger partial charge in [0.05, 0.1) is 24.4 Å². The molecule has 0 aromatic heterocycles. The summed E-state index contributed by atoms with van der Waals surface area (Å²) in [5.74, 6) is -2.90. The summed E-state index contributed by atoms with van der Waals surface area (Å²) in [6.07, 6.45) is -0.459. The predicted octanol–water partition coefficient (Wildman–Crippen LogP) is 1.18. The summed E-state index contributed by atoms with van der Waals surface area (Å²) in [6.45, 7) is 7.21. The van der Waals surface area contributed by atoms with E-state index in [2.05, 4.69) is 0 Å². The Hall–Kier alpha value is -1.00. The lowest BCUT2D eigenvalue weighted by atomic mass is 9.43. The second-order valence-electron chi connectivity index (χ2n) is 13.7. The van der Waals surface area contributed by atoms with Gasteiger partial charge >= 0.3 is 14.0 Å². The van der Waals surface area contributed by atoms with Crippen LogP contribution in [0, 0.1) is 46.3 Å². The summed E-state index contributed by atoms with van der Waals surface area (Å²) in [7, 11) is -2.80. The number of carboxylic acid groups (broad SMARTS) is 1. The van der Waals surface area contributed by atoms with Crippen LogP contribution in [0.4, 0.5) is 0 Å². The molecule has 0 radical (unpaired) electrons. The molecule has 39 heavy (non-hydrogen) atoms. The van der Waals surface area contributed by atoms with E-state index in [0.717, 1.165) is 12.8 Å². The molecule has 4 saturated carbocycles. The Morgan fingerprint density at radius 3 is 2.26 bits per heavy atom. The number of ketones is 1. The zero-order chi connectivity index (χ0) is 29.2. The summed E-state index contributed by atoms with van der Waals surface area (Å²) in [4.78, 5) is 36.9. The molecule has 10 nitrogen and oxygen atoms in total. The Bertz CT molecular complexity index is 994. The van der Waals surface area contributed by atoms with Crippen LogP contribution >= 0.6 is 8.03 Å². The van der Waals surface area contributed by atoms with Crippen LogP contribution in [-0.2, 0) is 14.2 Å². The van der Waals surface area contributed by atoms with E-state index in [1.807, 2.05) is 20.8 Å². The van der Waals surface area contributed by atoms with Crippen LogP contribution < -0.4 is 10.6 Å². The quantitative estimate of drug-likeness (QED) is 0.181. The number of aliphatic carboxylic acids is 1. The first-order chi connectivity index (χ1) is 18.0. The van der Waals surface area contributed by atoms with Crippen molar-refractivity contribution in [3.8, 4) is 0 Å². The van der Waals surface area contributed by atoms with Crippen LogP contribution in [0.5, 0.6) is 0 Å². The van der Waals surface area contributed by atoms with Gasteiger partial charge in [-0.05, 0) is 86.4 Å². The highest BCUT2D eigenvalue weighted by molar-refractivity contribution is 7.37. The van der Waals surface area contributed by atoms with Crippen LogP contribution in [-0.4, -0.2) is 72.9 Å². The van der Waals surface area contributed by atoms with E-state index in [1.54, 1.807) is 0 Å². The molecule has 4 aliphatic carbocycles. The fourth-order valence-corrected chi connectivity index (χ4v) is 11.1. The lowest BCUT2D eigenvalue weighted by molar-refractivity contribution is -0.215. The molecule has 0 aromatic rings. The van der Waals surface area contributed by atoms with Gasteiger partial charge in [-0.25, -0.2) is 4.79 Å². The third kappa shape index (κ3) is 4.62. The largest absolute Gasteiger partial charge is 0.595 e. The summed E-state index contributed by atoms with van der Waals surface area (Å²) >= 11 is 0. The molecule has 4 rings (SSSR count). The van der Waals surface area contributed by atoms with Gasteiger partial charge in [-0.2, -0.15) is 0 Å². The first-order valence-electron chi connectivity index (χ1n) is 14.4. The van der Waals surface area contributed by atoms with Crippen LogP contribution in [0.15, 0.2) is 0 Å². The monoisotopic (exact) mass is 571 g/mol. The standard InChI is InChI=1S/C28H46NO9P/c1-13(5-8-21(33)28(29,14(2)30)25(35)36)17-6-7-18-24-19(12-22(34)27(17,18)4)26(3)15(10-20(24)32)9-16(31)11-23(26)39(37)38/h13-20,22-24,30-32,34H,5-12,29H2,1-4H3,(H,35,36). The fourth-order valence-electron chi connectivity index (χ4n) is 9.81. The van der Waals surface area contributed by atoms with E-state index in [-0.39, 0.29) is 48.3 Å². The van der Waals surface area contributed by atoms with Crippen molar-refractivity contribution in [2.45, 2.75) is 115 Å². The van der Waals surface area contributed by atoms with Gasteiger partial charge in [0.25, 0.3) is 0 Å². The molecular formula is C28H46NO9P. The van der Waals surface area contributed by atoms with Gasteiger partial charge in [-0.15, -0.1) is 0 Å². The van der Waals surface area contributed by atoms with Gasteiger partial charge in [0.15, 0.2) is 17.0 Å². The molecule has 0 spiro atoms. The topological polar surface area (TPSA) is 201 Å². The van der Waals surface area contributed by atoms with Crippen molar-refractivity contribution in [2.24, 2.45) is 52.1 Å². The highest BCUT2D eigenvalue weighted by Gasteiger charge is 2.69. The molecular weight excluding hydrogens is 525 g/mol. The van der Waals surface area contributed by atoms with E-state index in [9.17, 15) is 44.6 Å². The zero-order valence-electron chi connectivity index (χ0n) is 23.4. The van der Waals surface area contributed by atoms with Crippen LogP contribution in [0.1, 0.15) is 79.1 Å². The molecule has 0 bridgehead atoms. The molecule has 0 amide bonds. The smallest absolute Gasteiger partial charge is 0.334 e. The van der Waals surface area contributed by atoms with Crippen molar-refractivity contribution in [3.63, 3.8) is 0 Å². The summed E-state index contributed by atoms with van der Waals surface area (Å²) in [6, 6.07) is 0. The van der Waals surface area contributed by atoms with Gasteiger partial charge in [-0.3, -0.25) is 4.79 Å². The Morgan fingerprint density at radius 2 is 1.69 bits per heavy atom. The zero-order valence-corrected chi connectivity index (χ0v) is 24.3. The molecule has 0 aliphatic heterocycles. The number of aliphatic hydroxyl groups excluding tert-OH is 4. The SMILES string of the molecule is CC(CCC(=O)C(N)(C(=O)O)C(C)O)C1CCC2C3C(O)CC4CC(O)CC([P+](=O)[O-])C4(C)C3CC(O)C12C. The number of carbonyl (C=O) groups excluding carboxylic acids is 1. The van der Waals surface area contributed by atoms with Crippen molar-refractivity contribution < 1.29 is 44.6 Å². The third-order valence-corrected chi connectivity index (χ3v) is 13.4. The molecule has 4 fully saturated rings. The van der Waals surface area contributed by atoms with E-state index >= 15 is 0 Å². The predicted molar refractivity (Wildman–Crippen MR) is 140 cm³/mol. The van der Waals surface area contributed by atoms with Gasteiger partial charge in [0.2, 0.25) is 0 Å². The minimum Gasteiger partial charge on any atom is -0.595 e. The average molecular weight is 572 g/mol. The normalized spacial score (nSPS) is 47.1. The molecule has 11 heteroatoms. The fraction of sp³-hybridized carbons (Fsp3) is 0.929. The molecule has 7 N–H and O–H groups in total. The second kappa shape index (κ2) is 10.7. The van der Waals surface area contributed by atoms with Crippen LogP contribution in [0.3, 0.4) is 0 Å². The molecule has 0 saturated heterocycles. The molecule has 0 heterocycles. The Balaban J connectivity index is 1.57. The van der Waals surface area contributed by atoms with Crippen molar-refractivity contribution in [1.29, 1.82) is 0 Å². The lowest BCUT2D eigenvalue weighted by Crippen LogP contribution is -2.65. The Labute approximate surface area is 231 Å². The highest BCUT2D eigenvalue weighted by atomic mass is 31.1. The third-order valence-electron chi connectivity index (χ3n) is 12.2. The maximum Gasteiger partial charge on any atom is 0.334 e. The number of Topliss-reactive ketones (excluding diaryl/α,β-unsaturated/α-hetero) is 1. The molecule has 15 unspecified atom stereocenters. The molecule has 222 valence electrons. The van der Waals surface area contributed by atoms with E-state index < -0.39 is 66.2 Å². The average Bonchev–Trinajstić information content (AvgIpc) is 3.21. The number of carbonyl (C=O) groups is 2. The van der Waals surface area contributed by atoms with Crippen molar-refractivity contribution in [1.82, 2.24) is 0 Å². The molecule has 4 aliphatic rings. The van der Waals surface area contributed by atoms with Gasteiger partial charge in [-0.1, -0.05) is 25.3 Å². The summed E-state index contributed by atoms with van der Waals surface area (Å²) < 4.78 is 12.4. The second-order valence-corrected chi connectivity index (χ2v) is 14.9. The minimum atomic E-state index is -2.80. The number of hydrogen-bond donors (Lipinski definition) is 6.